The van der Waals surface area contributed by atoms with E-state index in [0.29, 0.717) is 0 Å². The third-order valence-corrected chi connectivity index (χ3v) is 4.32. The third-order valence-electron chi connectivity index (χ3n) is 4.09. The summed E-state index contributed by atoms with van der Waals surface area (Å²) in [7, 11) is 3.99. The van der Waals surface area contributed by atoms with Crippen molar-refractivity contribution in [1.29, 1.82) is 0 Å². The second-order valence-corrected chi connectivity index (χ2v) is 6.46. The number of hydrogen-bond donors (Lipinski definition) is 0. The first-order valence-corrected chi connectivity index (χ1v) is 8.21. The molecule has 0 unspecified atom stereocenters. The van der Waals surface area contributed by atoms with E-state index in [4.69, 9.17) is 11.6 Å². The van der Waals surface area contributed by atoms with E-state index in [-0.39, 0.29) is 0 Å². The summed E-state index contributed by atoms with van der Waals surface area (Å²) in [5, 5.41) is 0.804. The molecule has 2 heterocycles. The Labute approximate surface area is 142 Å². The lowest BCUT2D eigenvalue weighted by molar-refractivity contribution is 0.249. The Morgan fingerprint density at radius 2 is 1.87 bits per heavy atom. The van der Waals surface area contributed by atoms with Gasteiger partial charge in [-0.3, -0.25) is 4.90 Å². The van der Waals surface area contributed by atoms with Crippen LogP contribution in [0.1, 0.15) is 5.56 Å². The molecule has 3 rings (SSSR count). The van der Waals surface area contributed by atoms with Gasteiger partial charge in [0.15, 0.2) is 0 Å². The molecule has 5 nitrogen and oxygen atoms in total. The number of anilines is 2. The number of halogens is 1. The average Bonchev–Trinajstić information content (AvgIpc) is 2.56. The summed E-state index contributed by atoms with van der Waals surface area (Å²) in [5.41, 5.74) is 1.27. The number of nitrogens with zero attached hydrogens (tertiary/aromatic N) is 5. The summed E-state index contributed by atoms with van der Waals surface area (Å²) in [6.45, 7) is 4.94. The van der Waals surface area contributed by atoms with Crippen LogP contribution >= 0.6 is 11.6 Å². The fourth-order valence-corrected chi connectivity index (χ4v) is 3.00. The number of hydrogen-bond acceptors (Lipinski definition) is 5. The van der Waals surface area contributed by atoms with Crippen molar-refractivity contribution >= 4 is 23.2 Å². The molecule has 1 saturated heterocycles. The largest absolute Gasteiger partial charge is 0.363 e. The maximum absolute atomic E-state index is 6.06. The predicted octanol–water partition coefficient (Wildman–Crippen LogP) is 2.52. The molecule has 1 aliphatic heterocycles. The Morgan fingerprint density at radius 1 is 1.09 bits per heavy atom. The zero-order valence-corrected chi connectivity index (χ0v) is 14.4. The summed E-state index contributed by atoms with van der Waals surface area (Å²) in [6.07, 6.45) is 1.64. The van der Waals surface area contributed by atoms with Crippen molar-refractivity contribution in [3.63, 3.8) is 0 Å². The first-order chi connectivity index (χ1) is 11.1. The van der Waals surface area contributed by atoms with Crippen LogP contribution in [0.4, 0.5) is 11.6 Å². The second-order valence-electron chi connectivity index (χ2n) is 6.02. The Balaban J connectivity index is 1.59. The molecular formula is C17H22ClN5. The van der Waals surface area contributed by atoms with Crippen LogP contribution in [0.15, 0.2) is 36.7 Å². The van der Waals surface area contributed by atoms with Gasteiger partial charge in [0, 0.05) is 57.9 Å². The quantitative estimate of drug-likeness (QED) is 0.860. The minimum absolute atomic E-state index is 0.804. The number of piperazine rings is 1. The van der Waals surface area contributed by atoms with Gasteiger partial charge in [0.1, 0.15) is 18.0 Å². The Morgan fingerprint density at radius 3 is 2.57 bits per heavy atom. The highest BCUT2D eigenvalue weighted by Crippen LogP contribution is 2.19. The standard InChI is InChI=1S/C17H22ClN5/c1-21(2)16-11-17(20-13-19-16)23-8-6-22(7-9-23)12-14-4-3-5-15(18)10-14/h3-5,10-11,13H,6-9,12H2,1-2H3. The van der Waals surface area contributed by atoms with Crippen LogP contribution in [0.3, 0.4) is 0 Å². The van der Waals surface area contributed by atoms with Crippen molar-refractivity contribution in [2.75, 3.05) is 50.1 Å². The molecule has 0 aliphatic carbocycles. The highest BCUT2D eigenvalue weighted by atomic mass is 35.5. The van der Waals surface area contributed by atoms with E-state index in [9.17, 15) is 0 Å². The molecule has 0 N–H and O–H groups in total. The van der Waals surface area contributed by atoms with E-state index in [1.807, 2.05) is 43.3 Å². The van der Waals surface area contributed by atoms with Crippen molar-refractivity contribution in [1.82, 2.24) is 14.9 Å². The van der Waals surface area contributed by atoms with E-state index in [0.717, 1.165) is 49.4 Å². The molecule has 0 amide bonds. The molecule has 0 atom stereocenters. The van der Waals surface area contributed by atoms with Crippen molar-refractivity contribution < 1.29 is 0 Å². The maximum atomic E-state index is 6.06. The molecule has 122 valence electrons. The van der Waals surface area contributed by atoms with E-state index >= 15 is 0 Å². The molecule has 1 fully saturated rings. The van der Waals surface area contributed by atoms with Gasteiger partial charge < -0.3 is 9.80 Å². The van der Waals surface area contributed by atoms with Crippen LogP contribution in [-0.2, 0) is 6.54 Å². The van der Waals surface area contributed by atoms with Crippen LogP contribution in [0.5, 0.6) is 0 Å². The number of benzene rings is 1. The molecule has 0 bridgehead atoms. The molecule has 0 saturated carbocycles. The first kappa shape index (κ1) is 16.0. The van der Waals surface area contributed by atoms with Crippen molar-refractivity contribution in [3.8, 4) is 0 Å². The van der Waals surface area contributed by atoms with Gasteiger partial charge in [0.2, 0.25) is 0 Å². The van der Waals surface area contributed by atoms with Gasteiger partial charge in [-0.1, -0.05) is 23.7 Å². The molecule has 1 aromatic carbocycles. The fraction of sp³-hybridized carbons (Fsp3) is 0.412. The molecule has 23 heavy (non-hydrogen) atoms. The zero-order chi connectivity index (χ0) is 16.2. The lowest BCUT2D eigenvalue weighted by Crippen LogP contribution is -2.46. The van der Waals surface area contributed by atoms with Gasteiger partial charge in [-0.2, -0.15) is 0 Å². The Bertz CT molecular complexity index is 653. The highest BCUT2D eigenvalue weighted by molar-refractivity contribution is 6.30. The molecule has 6 heteroatoms. The van der Waals surface area contributed by atoms with Crippen LogP contribution in [0.25, 0.3) is 0 Å². The smallest absolute Gasteiger partial charge is 0.134 e. The van der Waals surface area contributed by atoms with Gasteiger partial charge in [-0.05, 0) is 17.7 Å². The molecule has 1 aliphatic rings. The van der Waals surface area contributed by atoms with Crippen molar-refractivity contribution in [2.24, 2.45) is 0 Å². The van der Waals surface area contributed by atoms with Gasteiger partial charge in [-0.25, -0.2) is 9.97 Å². The molecular weight excluding hydrogens is 310 g/mol. The maximum Gasteiger partial charge on any atom is 0.134 e. The summed E-state index contributed by atoms with van der Waals surface area (Å²) in [5.74, 6) is 1.95. The number of aromatic nitrogens is 2. The summed E-state index contributed by atoms with van der Waals surface area (Å²) in [6, 6.07) is 10.2. The molecule has 1 aromatic heterocycles. The van der Waals surface area contributed by atoms with E-state index < -0.39 is 0 Å². The van der Waals surface area contributed by atoms with E-state index in [2.05, 4.69) is 25.8 Å². The summed E-state index contributed by atoms with van der Waals surface area (Å²) >= 11 is 6.06. The van der Waals surface area contributed by atoms with Gasteiger partial charge >= 0.3 is 0 Å². The van der Waals surface area contributed by atoms with Crippen LogP contribution in [-0.4, -0.2) is 55.1 Å². The third kappa shape index (κ3) is 4.12. The normalized spacial score (nSPS) is 15.7. The second kappa shape index (κ2) is 7.15. The highest BCUT2D eigenvalue weighted by Gasteiger charge is 2.18. The SMILES string of the molecule is CN(C)c1cc(N2CCN(Cc3cccc(Cl)c3)CC2)ncn1. The van der Waals surface area contributed by atoms with E-state index in [1.165, 1.54) is 5.56 Å². The van der Waals surface area contributed by atoms with Gasteiger partial charge in [0.05, 0.1) is 0 Å². The Kier molecular flexibility index (Phi) is 4.98. The lowest BCUT2D eigenvalue weighted by atomic mass is 10.2. The van der Waals surface area contributed by atoms with Gasteiger partial charge in [-0.15, -0.1) is 0 Å². The molecule has 0 radical (unpaired) electrons. The number of rotatable bonds is 4. The minimum atomic E-state index is 0.804. The fourth-order valence-electron chi connectivity index (χ4n) is 2.78. The van der Waals surface area contributed by atoms with Crippen LogP contribution in [0, 0.1) is 0 Å². The predicted molar refractivity (Wildman–Crippen MR) is 95.3 cm³/mol. The monoisotopic (exact) mass is 331 g/mol. The lowest BCUT2D eigenvalue weighted by Gasteiger charge is -2.35. The zero-order valence-electron chi connectivity index (χ0n) is 13.6. The summed E-state index contributed by atoms with van der Waals surface area (Å²) < 4.78 is 0. The van der Waals surface area contributed by atoms with Crippen molar-refractivity contribution in [3.05, 3.63) is 47.2 Å². The topological polar surface area (TPSA) is 35.5 Å². The minimum Gasteiger partial charge on any atom is -0.363 e. The van der Waals surface area contributed by atoms with E-state index in [1.54, 1.807) is 6.33 Å². The van der Waals surface area contributed by atoms with Crippen molar-refractivity contribution in [2.45, 2.75) is 6.54 Å². The average molecular weight is 332 g/mol. The Hall–Kier alpha value is -1.85. The molecule has 0 spiro atoms. The summed E-state index contributed by atoms with van der Waals surface area (Å²) in [4.78, 5) is 15.5. The first-order valence-electron chi connectivity index (χ1n) is 7.83. The van der Waals surface area contributed by atoms with Crippen LogP contribution < -0.4 is 9.80 Å². The molecule has 2 aromatic rings. The van der Waals surface area contributed by atoms with Gasteiger partial charge in [0.25, 0.3) is 0 Å². The van der Waals surface area contributed by atoms with Crippen LogP contribution in [0.2, 0.25) is 5.02 Å².